The van der Waals surface area contributed by atoms with Gasteiger partial charge in [-0.2, -0.15) is 0 Å². The highest BCUT2D eigenvalue weighted by Gasteiger charge is 2.23. The summed E-state index contributed by atoms with van der Waals surface area (Å²) in [5, 5.41) is 5.36. The molecule has 1 aliphatic rings. The summed E-state index contributed by atoms with van der Waals surface area (Å²) in [5.74, 6) is -0.185. The third kappa shape index (κ3) is 4.45. The van der Waals surface area contributed by atoms with Gasteiger partial charge in [0.15, 0.2) is 0 Å². The van der Waals surface area contributed by atoms with Crippen LogP contribution in [0.1, 0.15) is 30.1 Å². The number of nitrogens with zero attached hydrogens (tertiary/aromatic N) is 1. The van der Waals surface area contributed by atoms with E-state index in [2.05, 4.69) is 15.4 Å². The summed E-state index contributed by atoms with van der Waals surface area (Å²) in [6, 6.07) is 6.49. The fourth-order valence-electron chi connectivity index (χ4n) is 2.53. The van der Waals surface area contributed by atoms with E-state index in [0.717, 1.165) is 13.0 Å². The van der Waals surface area contributed by atoms with Crippen molar-refractivity contribution in [3.05, 3.63) is 29.8 Å². The highest BCUT2D eigenvalue weighted by Crippen LogP contribution is 2.16. The quantitative estimate of drug-likeness (QED) is 0.863. The molecule has 7 nitrogen and oxygen atoms in total. The molecule has 1 aliphatic heterocycles. The van der Waals surface area contributed by atoms with Crippen molar-refractivity contribution in [1.82, 2.24) is 10.2 Å². The Hall–Kier alpha value is -2.57. The molecule has 0 bridgehead atoms. The Morgan fingerprint density at radius 2 is 2.09 bits per heavy atom. The number of likely N-dealkylation sites (tertiary alicyclic amines) is 1. The van der Waals surface area contributed by atoms with Crippen LogP contribution >= 0.6 is 0 Å². The highest BCUT2D eigenvalue weighted by atomic mass is 16.5. The number of ether oxygens (including phenoxy) is 1. The molecule has 3 amide bonds. The molecule has 0 spiro atoms. The monoisotopic (exact) mass is 319 g/mol. The third-order valence-corrected chi connectivity index (χ3v) is 3.64. The van der Waals surface area contributed by atoms with Crippen LogP contribution in [-0.4, -0.2) is 49.0 Å². The largest absolute Gasteiger partial charge is 0.453 e. The third-order valence-electron chi connectivity index (χ3n) is 3.64. The number of carbonyl (C=O) groups is 3. The number of hydrogen-bond acceptors (Lipinski definition) is 4. The van der Waals surface area contributed by atoms with Crippen LogP contribution in [0.2, 0.25) is 0 Å². The zero-order chi connectivity index (χ0) is 16.8. The molecule has 0 radical (unpaired) electrons. The van der Waals surface area contributed by atoms with E-state index in [1.165, 1.54) is 7.11 Å². The zero-order valence-electron chi connectivity index (χ0n) is 13.3. The van der Waals surface area contributed by atoms with Gasteiger partial charge in [0.25, 0.3) is 5.91 Å². The normalized spacial score (nSPS) is 15.2. The minimum atomic E-state index is -0.638. The SMILES string of the molecule is COC(=O)Nc1ccccc1C(=O)N[C@@H](C)CN1CCCC1=O. The summed E-state index contributed by atoms with van der Waals surface area (Å²) in [7, 11) is 1.26. The van der Waals surface area contributed by atoms with Gasteiger partial charge in [0.2, 0.25) is 5.91 Å². The molecule has 124 valence electrons. The second kappa shape index (κ2) is 7.62. The Morgan fingerprint density at radius 1 is 1.35 bits per heavy atom. The minimum Gasteiger partial charge on any atom is -0.453 e. The Kier molecular flexibility index (Phi) is 5.56. The summed E-state index contributed by atoms with van der Waals surface area (Å²) < 4.78 is 4.54. The van der Waals surface area contributed by atoms with E-state index in [9.17, 15) is 14.4 Å². The molecular formula is C16H21N3O4. The Labute approximate surface area is 135 Å². The molecule has 0 unspecified atom stereocenters. The molecule has 7 heteroatoms. The summed E-state index contributed by atoms with van der Waals surface area (Å²) in [4.78, 5) is 37.1. The van der Waals surface area contributed by atoms with Gasteiger partial charge in [0.1, 0.15) is 0 Å². The fourth-order valence-corrected chi connectivity index (χ4v) is 2.53. The van der Waals surface area contributed by atoms with Gasteiger partial charge in [-0.1, -0.05) is 12.1 Å². The van der Waals surface area contributed by atoms with Crippen LogP contribution in [-0.2, 0) is 9.53 Å². The number of para-hydroxylation sites is 1. The van der Waals surface area contributed by atoms with Gasteiger partial charge < -0.3 is 15.0 Å². The number of methoxy groups -OCH3 is 1. The second-order valence-corrected chi connectivity index (χ2v) is 5.48. The van der Waals surface area contributed by atoms with Gasteiger partial charge in [0.05, 0.1) is 18.4 Å². The highest BCUT2D eigenvalue weighted by molar-refractivity contribution is 6.02. The maximum atomic E-state index is 12.4. The van der Waals surface area contributed by atoms with E-state index in [1.807, 2.05) is 6.92 Å². The molecular weight excluding hydrogens is 298 g/mol. The lowest BCUT2D eigenvalue weighted by atomic mass is 10.1. The average Bonchev–Trinajstić information content (AvgIpc) is 2.92. The molecule has 0 aromatic heterocycles. The van der Waals surface area contributed by atoms with Crippen LogP contribution in [0.4, 0.5) is 10.5 Å². The second-order valence-electron chi connectivity index (χ2n) is 5.48. The summed E-state index contributed by atoms with van der Waals surface area (Å²) in [5.41, 5.74) is 0.721. The molecule has 23 heavy (non-hydrogen) atoms. The van der Waals surface area contributed by atoms with E-state index in [1.54, 1.807) is 29.2 Å². The van der Waals surface area contributed by atoms with Crippen molar-refractivity contribution in [3.63, 3.8) is 0 Å². The predicted octanol–water partition coefficient (Wildman–Crippen LogP) is 1.61. The molecule has 1 atom stereocenters. The molecule has 1 saturated heterocycles. The lowest BCUT2D eigenvalue weighted by Crippen LogP contribution is -2.42. The van der Waals surface area contributed by atoms with Gasteiger partial charge in [-0.15, -0.1) is 0 Å². The van der Waals surface area contributed by atoms with Crippen molar-refractivity contribution in [2.75, 3.05) is 25.5 Å². The topological polar surface area (TPSA) is 87.7 Å². The molecule has 1 heterocycles. The van der Waals surface area contributed by atoms with Gasteiger partial charge in [-0.25, -0.2) is 4.79 Å². The maximum absolute atomic E-state index is 12.4. The number of carbonyl (C=O) groups excluding carboxylic acids is 3. The number of rotatable bonds is 5. The van der Waals surface area contributed by atoms with Crippen molar-refractivity contribution in [2.45, 2.75) is 25.8 Å². The lowest BCUT2D eigenvalue weighted by Gasteiger charge is -2.22. The number of amides is 3. The van der Waals surface area contributed by atoms with Crippen LogP contribution in [0.3, 0.4) is 0 Å². The van der Waals surface area contributed by atoms with E-state index >= 15 is 0 Å². The first-order chi connectivity index (χ1) is 11.0. The molecule has 1 aromatic carbocycles. The molecule has 1 aromatic rings. The number of nitrogens with one attached hydrogen (secondary N) is 2. The summed E-state index contributed by atoms with van der Waals surface area (Å²) in [6.07, 6.45) is 0.804. The van der Waals surface area contributed by atoms with Crippen LogP contribution < -0.4 is 10.6 Å². The number of anilines is 1. The van der Waals surface area contributed by atoms with Crippen molar-refractivity contribution in [2.24, 2.45) is 0 Å². The van der Waals surface area contributed by atoms with Crippen molar-refractivity contribution >= 4 is 23.6 Å². The first-order valence-electron chi connectivity index (χ1n) is 7.54. The lowest BCUT2D eigenvalue weighted by molar-refractivity contribution is -0.127. The number of benzene rings is 1. The summed E-state index contributed by atoms with van der Waals surface area (Å²) in [6.45, 7) is 3.07. The smallest absolute Gasteiger partial charge is 0.411 e. The first kappa shape index (κ1) is 16.8. The Bertz CT molecular complexity index is 603. The fraction of sp³-hybridized carbons (Fsp3) is 0.438. The van der Waals surface area contributed by atoms with Crippen molar-refractivity contribution in [1.29, 1.82) is 0 Å². The van der Waals surface area contributed by atoms with Crippen molar-refractivity contribution < 1.29 is 19.1 Å². The van der Waals surface area contributed by atoms with Crippen LogP contribution in [0.15, 0.2) is 24.3 Å². The average molecular weight is 319 g/mol. The summed E-state index contributed by atoms with van der Waals surface area (Å²) >= 11 is 0. The van der Waals surface area contributed by atoms with E-state index < -0.39 is 6.09 Å². The van der Waals surface area contributed by atoms with E-state index in [-0.39, 0.29) is 17.9 Å². The molecule has 2 N–H and O–H groups in total. The van der Waals surface area contributed by atoms with Crippen LogP contribution in [0, 0.1) is 0 Å². The molecule has 0 aliphatic carbocycles. The number of hydrogen-bond donors (Lipinski definition) is 2. The minimum absolute atomic E-state index is 0.124. The maximum Gasteiger partial charge on any atom is 0.411 e. The zero-order valence-corrected chi connectivity index (χ0v) is 13.3. The first-order valence-corrected chi connectivity index (χ1v) is 7.54. The van der Waals surface area contributed by atoms with Gasteiger partial charge >= 0.3 is 6.09 Å². The molecule has 0 saturated carbocycles. The molecule has 1 fully saturated rings. The Balaban J connectivity index is 1.99. The van der Waals surface area contributed by atoms with Crippen LogP contribution in [0.5, 0.6) is 0 Å². The standard InChI is InChI=1S/C16H21N3O4/c1-11(10-19-9-5-8-14(19)20)17-15(21)12-6-3-4-7-13(12)18-16(22)23-2/h3-4,6-7,11H,5,8-10H2,1-2H3,(H,17,21)(H,18,22)/t11-/m0/s1. The van der Waals surface area contributed by atoms with E-state index in [0.29, 0.717) is 24.2 Å². The van der Waals surface area contributed by atoms with Gasteiger partial charge in [-0.05, 0) is 25.5 Å². The van der Waals surface area contributed by atoms with Gasteiger partial charge in [0, 0.05) is 25.6 Å². The van der Waals surface area contributed by atoms with Gasteiger partial charge in [-0.3, -0.25) is 14.9 Å². The molecule has 2 rings (SSSR count). The Morgan fingerprint density at radius 3 is 2.74 bits per heavy atom. The predicted molar refractivity (Wildman–Crippen MR) is 85.2 cm³/mol. The van der Waals surface area contributed by atoms with Crippen molar-refractivity contribution in [3.8, 4) is 0 Å². The van der Waals surface area contributed by atoms with E-state index in [4.69, 9.17) is 0 Å². The van der Waals surface area contributed by atoms with Crippen LogP contribution in [0.25, 0.3) is 0 Å².